The van der Waals surface area contributed by atoms with E-state index in [2.05, 4.69) is 78.3 Å². The third-order valence-electron chi connectivity index (χ3n) is 6.33. The summed E-state index contributed by atoms with van der Waals surface area (Å²) in [5.41, 5.74) is 5.72. The molecule has 4 aromatic rings. The van der Waals surface area contributed by atoms with E-state index in [1.54, 1.807) is 11.3 Å². The van der Waals surface area contributed by atoms with Crippen molar-refractivity contribution >= 4 is 16.5 Å². The van der Waals surface area contributed by atoms with Crippen LogP contribution in [0.3, 0.4) is 0 Å². The van der Waals surface area contributed by atoms with Crippen molar-refractivity contribution in [3.8, 4) is 21.8 Å². The number of hydrogen-bond acceptors (Lipinski definition) is 5. The Morgan fingerprint density at radius 1 is 0.939 bits per heavy atom. The Bertz CT molecular complexity index is 1210. The topological polar surface area (TPSA) is 41.9 Å². The van der Waals surface area contributed by atoms with Crippen LogP contribution in [0.1, 0.15) is 49.1 Å². The number of aryl methyl sites for hydroxylation is 1. The quantitative estimate of drug-likeness (QED) is 0.317. The lowest BCUT2D eigenvalue weighted by atomic mass is 9.97. The highest BCUT2D eigenvalue weighted by molar-refractivity contribution is 7.19. The molecule has 2 aromatic carbocycles. The first-order valence-electron chi connectivity index (χ1n) is 11.9. The first-order valence-corrected chi connectivity index (χ1v) is 12.7. The lowest BCUT2D eigenvalue weighted by Gasteiger charge is -2.25. The van der Waals surface area contributed by atoms with Crippen LogP contribution < -0.4 is 4.90 Å². The van der Waals surface area contributed by atoms with Gasteiger partial charge in [-0.25, -0.2) is 15.0 Å². The van der Waals surface area contributed by atoms with Gasteiger partial charge in [0.2, 0.25) is 0 Å². The summed E-state index contributed by atoms with van der Waals surface area (Å²) in [5, 5.41) is 1.11. The van der Waals surface area contributed by atoms with Crippen LogP contribution >= 0.6 is 11.3 Å². The van der Waals surface area contributed by atoms with Crippen molar-refractivity contribution in [2.24, 2.45) is 0 Å². The van der Waals surface area contributed by atoms with E-state index >= 15 is 0 Å². The maximum absolute atomic E-state index is 5.14. The number of benzene rings is 2. The van der Waals surface area contributed by atoms with Crippen molar-refractivity contribution in [3.05, 3.63) is 83.8 Å². The van der Waals surface area contributed by atoms with Gasteiger partial charge in [-0.05, 0) is 49.8 Å². The van der Waals surface area contributed by atoms with Gasteiger partial charge in [0.1, 0.15) is 5.82 Å². The SMILES string of the molecule is Cc1cccc(-c2nc(N3CCCCC3)sc2-c2ccnc(CC(C)c3ccccc3)n2)c1. The van der Waals surface area contributed by atoms with Gasteiger partial charge in [-0.2, -0.15) is 0 Å². The van der Waals surface area contributed by atoms with Gasteiger partial charge in [-0.3, -0.25) is 0 Å². The highest BCUT2D eigenvalue weighted by atomic mass is 32.1. The highest BCUT2D eigenvalue weighted by Gasteiger charge is 2.21. The van der Waals surface area contributed by atoms with E-state index in [4.69, 9.17) is 9.97 Å². The van der Waals surface area contributed by atoms with E-state index in [1.165, 1.54) is 30.4 Å². The van der Waals surface area contributed by atoms with Gasteiger partial charge < -0.3 is 4.90 Å². The number of rotatable bonds is 6. The second-order valence-electron chi connectivity index (χ2n) is 8.97. The first kappa shape index (κ1) is 21.8. The summed E-state index contributed by atoms with van der Waals surface area (Å²) in [4.78, 5) is 18.3. The zero-order valence-corrected chi connectivity index (χ0v) is 20.2. The molecule has 1 atom stereocenters. The monoisotopic (exact) mass is 454 g/mol. The molecular formula is C28H30N4S. The van der Waals surface area contributed by atoms with Crippen LogP contribution in [0.25, 0.3) is 21.8 Å². The van der Waals surface area contributed by atoms with E-state index in [1.807, 2.05) is 12.3 Å². The van der Waals surface area contributed by atoms with Crippen molar-refractivity contribution < 1.29 is 0 Å². The lowest BCUT2D eigenvalue weighted by Crippen LogP contribution is -2.29. The highest BCUT2D eigenvalue weighted by Crippen LogP contribution is 2.40. The molecule has 3 heterocycles. The molecule has 1 aliphatic heterocycles. The van der Waals surface area contributed by atoms with Crippen molar-refractivity contribution in [1.29, 1.82) is 0 Å². The van der Waals surface area contributed by atoms with E-state index in [-0.39, 0.29) is 0 Å². The summed E-state index contributed by atoms with van der Waals surface area (Å²) in [6.07, 6.45) is 6.51. The third-order valence-corrected chi connectivity index (χ3v) is 7.47. The molecule has 0 spiro atoms. The maximum atomic E-state index is 5.14. The summed E-state index contributed by atoms with van der Waals surface area (Å²) in [7, 11) is 0. The molecule has 0 saturated carbocycles. The second-order valence-corrected chi connectivity index (χ2v) is 9.94. The molecule has 0 amide bonds. The summed E-state index contributed by atoms with van der Waals surface area (Å²) in [5.74, 6) is 1.25. The van der Waals surface area contributed by atoms with Crippen LogP contribution in [0.2, 0.25) is 0 Å². The standard InChI is InChI=1S/C28H30N4S/c1-20-10-9-13-23(18-20)26-27(33-28(31-26)32-16-7-4-8-17-32)24-14-15-29-25(30-24)19-21(2)22-11-5-3-6-12-22/h3,5-6,9-15,18,21H,4,7-8,16-17,19H2,1-2H3. The Morgan fingerprint density at radius 2 is 1.76 bits per heavy atom. The fraction of sp³-hybridized carbons (Fsp3) is 0.321. The maximum Gasteiger partial charge on any atom is 0.186 e. The van der Waals surface area contributed by atoms with Gasteiger partial charge in [0, 0.05) is 31.3 Å². The van der Waals surface area contributed by atoms with Gasteiger partial charge in [-0.15, -0.1) is 0 Å². The number of nitrogens with zero attached hydrogens (tertiary/aromatic N) is 4. The molecule has 5 heteroatoms. The van der Waals surface area contributed by atoms with Gasteiger partial charge in [0.25, 0.3) is 0 Å². The molecule has 1 fully saturated rings. The van der Waals surface area contributed by atoms with E-state index in [0.29, 0.717) is 5.92 Å². The largest absolute Gasteiger partial charge is 0.348 e. The van der Waals surface area contributed by atoms with Gasteiger partial charge in [0.15, 0.2) is 5.13 Å². The summed E-state index contributed by atoms with van der Waals surface area (Å²) < 4.78 is 0. The molecule has 4 nitrogen and oxygen atoms in total. The molecule has 0 aliphatic carbocycles. The van der Waals surface area contributed by atoms with Gasteiger partial charge >= 0.3 is 0 Å². The Kier molecular flexibility index (Phi) is 6.49. The fourth-order valence-electron chi connectivity index (χ4n) is 4.49. The normalized spacial score (nSPS) is 14.9. The average Bonchev–Trinajstić information content (AvgIpc) is 3.31. The minimum absolute atomic E-state index is 0.364. The van der Waals surface area contributed by atoms with Crippen LogP contribution in [-0.2, 0) is 6.42 Å². The summed E-state index contributed by atoms with van der Waals surface area (Å²) in [6.45, 7) is 6.55. The van der Waals surface area contributed by atoms with E-state index in [0.717, 1.165) is 52.3 Å². The predicted molar refractivity (Wildman–Crippen MR) is 138 cm³/mol. The first-order chi connectivity index (χ1) is 16.2. The Balaban J connectivity index is 1.51. The molecule has 1 unspecified atom stereocenters. The summed E-state index contributed by atoms with van der Waals surface area (Å²) >= 11 is 1.77. The number of piperidine rings is 1. The average molecular weight is 455 g/mol. The van der Waals surface area contributed by atoms with Crippen LogP contribution in [0, 0.1) is 6.92 Å². The molecule has 33 heavy (non-hydrogen) atoms. The van der Waals surface area contributed by atoms with E-state index in [9.17, 15) is 0 Å². The number of thiazole rings is 1. The molecule has 5 rings (SSSR count). The molecular weight excluding hydrogens is 424 g/mol. The van der Waals surface area contributed by atoms with Crippen LogP contribution in [0.15, 0.2) is 66.9 Å². The predicted octanol–water partition coefficient (Wildman–Crippen LogP) is 6.91. The Hall–Kier alpha value is -3.05. The smallest absolute Gasteiger partial charge is 0.186 e. The summed E-state index contributed by atoms with van der Waals surface area (Å²) in [6, 6.07) is 21.3. The fourth-order valence-corrected chi connectivity index (χ4v) is 5.60. The molecule has 168 valence electrons. The van der Waals surface area contributed by atoms with Crippen molar-refractivity contribution in [2.45, 2.75) is 45.4 Å². The number of aromatic nitrogens is 3. The zero-order chi connectivity index (χ0) is 22.6. The number of hydrogen-bond donors (Lipinski definition) is 0. The molecule has 0 N–H and O–H groups in total. The van der Waals surface area contributed by atoms with Crippen LogP contribution in [0.5, 0.6) is 0 Å². The molecule has 0 bridgehead atoms. The van der Waals surface area contributed by atoms with Crippen molar-refractivity contribution in [2.75, 3.05) is 18.0 Å². The molecule has 0 radical (unpaired) electrons. The minimum Gasteiger partial charge on any atom is -0.348 e. The van der Waals surface area contributed by atoms with Crippen LogP contribution in [0.4, 0.5) is 5.13 Å². The Labute approximate surface area is 200 Å². The second kappa shape index (κ2) is 9.84. The molecule has 2 aromatic heterocycles. The Morgan fingerprint density at radius 3 is 2.55 bits per heavy atom. The lowest BCUT2D eigenvalue weighted by molar-refractivity contribution is 0.577. The minimum atomic E-state index is 0.364. The third kappa shape index (κ3) is 4.98. The van der Waals surface area contributed by atoms with Gasteiger partial charge in [-0.1, -0.05) is 72.4 Å². The molecule has 1 aliphatic rings. The molecule has 1 saturated heterocycles. The van der Waals surface area contributed by atoms with Crippen LogP contribution in [-0.4, -0.2) is 28.0 Å². The van der Waals surface area contributed by atoms with E-state index < -0.39 is 0 Å². The van der Waals surface area contributed by atoms with Gasteiger partial charge in [0.05, 0.1) is 16.3 Å². The number of anilines is 1. The van der Waals surface area contributed by atoms with Crippen molar-refractivity contribution in [1.82, 2.24) is 15.0 Å². The van der Waals surface area contributed by atoms with Crippen molar-refractivity contribution in [3.63, 3.8) is 0 Å². The zero-order valence-electron chi connectivity index (χ0n) is 19.4.